The molecule has 0 unspecified atom stereocenters. The molecule has 3 aromatic rings. The molecule has 0 saturated heterocycles. The molecule has 2 aromatic heterocycles. The van der Waals surface area contributed by atoms with Crippen molar-refractivity contribution in [3.05, 3.63) is 64.0 Å². The Morgan fingerprint density at radius 3 is 2.70 bits per heavy atom. The first kappa shape index (κ1) is 19.0. The molecule has 0 aliphatic rings. The summed E-state index contributed by atoms with van der Waals surface area (Å²) in [6, 6.07) is 10.1. The van der Waals surface area contributed by atoms with Crippen LogP contribution in [0.2, 0.25) is 10.0 Å². The highest BCUT2D eigenvalue weighted by molar-refractivity contribution is 6.42. The van der Waals surface area contributed by atoms with Crippen LogP contribution in [-0.4, -0.2) is 27.5 Å². The number of benzene rings is 1. The summed E-state index contributed by atoms with van der Waals surface area (Å²) >= 11 is 11.8. The molecule has 140 valence electrons. The molecule has 2 amide bonds. The van der Waals surface area contributed by atoms with Crippen LogP contribution in [0, 0.1) is 6.92 Å². The maximum atomic E-state index is 12.2. The molecule has 0 aliphatic carbocycles. The predicted molar refractivity (Wildman–Crippen MR) is 109 cm³/mol. The van der Waals surface area contributed by atoms with Crippen molar-refractivity contribution >= 4 is 46.7 Å². The standard InChI is InChI=1S/C18H18Cl2N6O/c1-11-9-16(22-8-6-12-3-2-7-21-12)25-17(23-11)26-18(27)24-13-4-5-14(19)15(20)10-13/h2-5,7,9-10,21H,6,8H2,1H3,(H3,22,23,24,25,26,27). The lowest BCUT2D eigenvalue weighted by Crippen LogP contribution is -2.21. The number of hydrogen-bond acceptors (Lipinski definition) is 4. The summed E-state index contributed by atoms with van der Waals surface area (Å²) in [6.45, 7) is 2.53. The van der Waals surface area contributed by atoms with Crippen LogP contribution >= 0.6 is 23.2 Å². The number of anilines is 3. The van der Waals surface area contributed by atoms with Gasteiger partial charge in [0.25, 0.3) is 0 Å². The number of aryl methyl sites for hydroxylation is 1. The van der Waals surface area contributed by atoms with E-state index >= 15 is 0 Å². The van der Waals surface area contributed by atoms with Gasteiger partial charge in [-0.25, -0.2) is 9.78 Å². The average Bonchev–Trinajstić information content (AvgIpc) is 3.11. The van der Waals surface area contributed by atoms with Crippen molar-refractivity contribution in [1.29, 1.82) is 0 Å². The summed E-state index contributed by atoms with van der Waals surface area (Å²) in [6.07, 6.45) is 2.72. The summed E-state index contributed by atoms with van der Waals surface area (Å²) in [5.41, 5.74) is 2.38. The molecule has 0 spiro atoms. The lowest BCUT2D eigenvalue weighted by atomic mass is 10.3. The highest BCUT2D eigenvalue weighted by Crippen LogP contribution is 2.25. The largest absolute Gasteiger partial charge is 0.370 e. The normalized spacial score (nSPS) is 10.5. The van der Waals surface area contributed by atoms with E-state index in [0.717, 1.165) is 17.8 Å². The second-order valence-electron chi connectivity index (χ2n) is 5.80. The van der Waals surface area contributed by atoms with Crippen molar-refractivity contribution in [2.45, 2.75) is 13.3 Å². The number of aromatic amines is 1. The minimum Gasteiger partial charge on any atom is -0.370 e. The monoisotopic (exact) mass is 404 g/mol. The molecule has 0 atom stereocenters. The average molecular weight is 405 g/mol. The molecule has 4 N–H and O–H groups in total. The summed E-state index contributed by atoms with van der Waals surface area (Å²) in [4.78, 5) is 23.9. The van der Waals surface area contributed by atoms with Gasteiger partial charge >= 0.3 is 6.03 Å². The second-order valence-corrected chi connectivity index (χ2v) is 6.61. The first-order valence-corrected chi connectivity index (χ1v) is 9.00. The molecule has 0 radical (unpaired) electrons. The van der Waals surface area contributed by atoms with E-state index in [-0.39, 0.29) is 5.95 Å². The van der Waals surface area contributed by atoms with E-state index in [4.69, 9.17) is 23.2 Å². The van der Waals surface area contributed by atoms with Crippen LogP contribution in [0.4, 0.5) is 22.2 Å². The summed E-state index contributed by atoms with van der Waals surface area (Å²) in [5.74, 6) is 0.842. The minimum atomic E-state index is -0.476. The quantitative estimate of drug-likeness (QED) is 0.477. The molecule has 27 heavy (non-hydrogen) atoms. The number of nitrogens with zero attached hydrogens (tertiary/aromatic N) is 2. The topological polar surface area (TPSA) is 94.7 Å². The van der Waals surface area contributed by atoms with E-state index in [2.05, 4.69) is 30.9 Å². The van der Waals surface area contributed by atoms with Crippen molar-refractivity contribution in [3.8, 4) is 0 Å². The zero-order valence-corrected chi connectivity index (χ0v) is 16.0. The number of rotatable bonds is 6. The number of halogens is 2. The highest BCUT2D eigenvalue weighted by Gasteiger charge is 2.08. The number of carbonyl (C=O) groups is 1. The maximum absolute atomic E-state index is 12.2. The van der Waals surface area contributed by atoms with Gasteiger partial charge in [0.05, 0.1) is 10.0 Å². The number of amides is 2. The zero-order chi connectivity index (χ0) is 19.2. The fraction of sp³-hybridized carbons (Fsp3) is 0.167. The molecule has 1 aromatic carbocycles. The van der Waals surface area contributed by atoms with E-state index < -0.39 is 6.03 Å². The van der Waals surface area contributed by atoms with Gasteiger partial charge in [-0.2, -0.15) is 4.98 Å². The lowest BCUT2D eigenvalue weighted by Gasteiger charge is -2.10. The smallest absolute Gasteiger partial charge is 0.326 e. The fourth-order valence-corrected chi connectivity index (χ4v) is 2.70. The second kappa shape index (κ2) is 8.75. The van der Waals surface area contributed by atoms with E-state index in [1.165, 1.54) is 0 Å². The zero-order valence-electron chi connectivity index (χ0n) is 14.5. The summed E-state index contributed by atoms with van der Waals surface area (Å²) in [7, 11) is 0. The Kier molecular flexibility index (Phi) is 6.16. The highest BCUT2D eigenvalue weighted by atomic mass is 35.5. The van der Waals surface area contributed by atoms with E-state index in [9.17, 15) is 4.79 Å². The van der Waals surface area contributed by atoms with Crippen molar-refractivity contribution in [3.63, 3.8) is 0 Å². The Morgan fingerprint density at radius 2 is 1.96 bits per heavy atom. The van der Waals surface area contributed by atoms with Crippen LogP contribution in [0.25, 0.3) is 0 Å². The van der Waals surface area contributed by atoms with Crippen LogP contribution < -0.4 is 16.0 Å². The SMILES string of the molecule is Cc1cc(NCCc2ccc[nH]2)nc(NC(=O)Nc2ccc(Cl)c(Cl)c2)n1. The van der Waals surface area contributed by atoms with Gasteiger partial charge in [0.2, 0.25) is 5.95 Å². The number of nitrogens with one attached hydrogen (secondary N) is 4. The van der Waals surface area contributed by atoms with Gasteiger partial charge in [-0.15, -0.1) is 0 Å². The van der Waals surface area contributed by atoms with Gasteiger partial charge in [0.15, 0.2) is 0 Å². The number of urea groups is 1. The van der Waals surface area contributed by atoms with Crippen LogP contribution in [-0.2, 0) is 6.42 Å². The molecule has 0 fully saturated rings. The van der Waals surface area contributed by atoms with Crippen molar-refractivity contribution in [2.24, 2.45) is 0 Å². The third-order valence-electron chi connectivity index (χ3n) is 3.62. The van der Waals surface area contributed by atoms with Crippen LogP contribution in [0.1, 0.15) is 11.4 Å². The van der Waals surface area contributed by atoms with E-state index in [0.29, 0.717) is 28.1 Å². The Balaban J connectivity index is 1.59. The van der Waals surface area contributed by atoms with E-state index in [1.807, 2.05) is 31.3 Å². The van der Waals surface area contributed by atoms with Gasteiger partial charge in [-0.05, 0) is 37.3 Å². The summed E-state index contributed by atoms with van der Waals surface area (Å²) in [5, 5.41) is 9.28. The first-order chi connectivity index (χ1) is 13.0. The fourth-order valence-electron chi connectivity index (χ4n) is 2.40. The Hall–Kier alpha value is -2.77. The van der Waals surface area contributed by atoms with Crippen molar-refractivity contribution in [2.75, 3.05) is 22.5 Å². The van der Waals surface area contributed by atoms with Crippen LogP contribution in [0.3, 0.4) is 0 Å². The number of hydrogen-bond donors (Lipinski definition) is 4. The summed E-state index contributed by atoms with van der Waals surface area (Å²) < 4.78 is 0. The van der Waals surface area contributed by atoms with E-state index in [1.54, 1.807) is 18.2 Å². The van der Waals surface area contributed by atoms with Gasteiger partial charge in [-0.1, -0.05) is 23.2 Å². The van der Waals surface area contributed by atoms with Crippen LogP contribution in [0.5, 0.6) is 0 Å². The van der Waals surface area contributed by atoms with Crippen molar-refractivity contribution in [1.82, 2.24) is 15.0 Å². The molecule has 0 saturated carbocycles. The molecule has 3 rings (SSSR count). The van der Waals surface area contributed by atoms with Crippen molar-refractivity contribution < 1.29 is 4.79 Å². The lowest BCUT2D eigenvalue weighted by molar-refractivity contribution is 0.262. The third-order valence-corrected chi connectivity index (χ3v) is 4.36. The predicted octanol–water partition coefficient (Wildman–Crippen LogP) is 4.72. The Bertz CT molecular complexity index is 930. The maximum Gasteiger partial charge on any atom is 0.326 e. The molecular weight excluding hydrogens is 387 g/mol. The molecule has 0 aliphatic heterocycles. The molecular formula is C18H18Cl2N6O. The van der Waals surface area contributed by atoms with Gasteiger partial charge in [0.1, 0.15) is 5.82 Å². The Morgan fingerprint density at radius 1 is 1.11 bits per heavy atom. The number of carbonyl (C=O) groups excluding carboxylic acids is 1. The third kappa shape index (κ3) is 5.60. The molecule has 9 heteroatoms. The number of H-pyrrole nitrogens is 1. The van der Waals surface area contributed by atoms with Gasteiger partial charge < -0.3 is 15.6 Å². The van der Waals surface area contributed by atoms with Gasteiger partial charge in [-0.3, -0.25) is 5.32 Å². The molecule has 0 bridgehead atoms. The first-order valence-electron chi connectivity index (χ1n) is 8.24. The number of aromatic nitrogens is 3. The molecule has 7 nitrogen and oxygen atoms in total. The Labute approximate surface area is 166 Å². The molecule has 2 heterocycles. The van der Waals surface area contributed by atoms with Crippen LogP contribution in [0.15, 0.2) is 42.6 Å². The van der Waals surface area contributed by atoms with Gasteiger partial charge in [0, 0.05) is 42.3 Å². The minimum absolute atomic E-state index is 0.204.